The fourth-order valence-electron chi connectivity index (χ4n) is 10.8. The molecule has 80 heavy (non-hydrogen) atoms. The van der Waals surface area contributed by atoms with Gasteiger partial charge in [-0.15, -0.1) is 0 Å². The lowest BCUT2D eigenvalue weighted by atomic mass is 9.87. The van der Waals surface area contributed by atoms with E-state index in [0.717, 1.165) is 132 Å². The van der Waals surface area contributed by atoms with Crippen LogP contribution in [0.2, 0.25) is 20.5 Å². The summed E-state index contributed by atoms with van der Waals surface area (Å²) >= 11 is 0. The van der Waals surface area contributed by atoms with Crippen molar-refractivity contribution in [2.75, 3.05) is 80.0 Å². The molecule has 0 bridgehead atoms. The molecule has 5 unspecified atom stereocenters. The van der Waals surface area contributed by atoms with Crippen LogP contribution in [0.3, 0.4) is 0 Å². The summed E-state index contributed by atoms with van der Waals surface area (Å²) in [6, 6.07) is 1.39. The van der Waals surface area contributed by atoms with Crippen LogP contribution in [0.1, 0.15) is 116 Å². The van der Waals surface area contributed by atoms with Crippen LogP contribution in [0.4, 0.5) is 0 Å². The number of allylic oxidation sites excluding steroid dienone is 3. The highest BCUT2D eigenvalue weighted by atomic mass is 31.2. The van der Waals surface area contributed by atoms with Crippen molar-refractivity contribution in [2.45, 2.75) is 201 Å². The first kappa shape index (κ1) is 80.5. The predicted octanol–water partition coefficient (Wildman–Crippen LogP) is 7.79. The first-order chi connectivity index (χ1) is 35.7. The summed E-state index contributed by atoms with van der Waals surface area (Å²) in [5.41, 5.74) is 17.5. The minimum absolute atomic E-state index is 0. The van der Waals surface area contributed by atoms with E-state index < -0.39 is 71.6 Å². The van der Waals surface area contributed by atoms with Crippen LogP contribution in [-0.4, -0.2) is 202 Å². The van der Waals surface area contributed by atoms with Crippen molar-refractivity contribution in [1.82, 2.24) is 15.7 Å². The van der Waals surface area contributed by atoms with Crippen LogP contribution in [0, 0.1) is 0 Å². The second kappa shape index (κ2) is 35.5. The Bertz CT molecular complexity index is 2180. The van der Waals surface area contributed by atoms with Gasteiger partial charge in [-0.1, -0.05) is 12.2 Å². The molecule has 0 radical (unpaired) electrons. The molecule has 4 fully saturated rings. The third kappa shape index (κ3) is 34.2. The Balaban J connectivity index is 0.000000911. The molecule has 20 nitrogen and oxygen atoms in total. The molecule has 4 saturated carbocycles. The first-order valence-corrected chi connectivity index (χ1v) is 45.9. The van der Waals surface area contributed by atoms with E-state index in [4.69, 9.17) is 47.2 Å². The third-order valence-corrected chi connectivity index (χ3v) is 29.0. The lowest BCUT2D eigenvalue weighted by Crippen LogP contribution is -2.38. The molecule has 7 rings (SSSR count). The number of nitrogens with two attached hydrogens (primary N) is 3. The van der Waals surface area contributed by atoms with Crippen LogP contribution in [-0.2, 0) is 32.0 Å². The standard InChI is InChI=1S/2C8H19BNO2P.C8H17BNO2P.C7H14NOP.C7H13O2P.2C6H14NO2P.H2O/c3*1-9(11)10-7-4-5-8(6-7)13(2,3)12;2*1-10(2,9)7-4-3-6(8)5-7;2*1-10(8,9)6-3-2-5(7)4-6;/h2*7-8,10-11H,4-6H2,1-3H3;6-7,10-11H,4-5H2,1-3H3;5-6H,3-4,8H2,1-2H3;5-6,8H,3-4H2,1-2H3;2*5-6H,2-4,7H2,1H3,(H,8,9);1H2/t2*7-,8+;;;;2*5-,6+;/m10...10./s1. The number of nitrogens with one attached hydrogen (secondary N) is 3. The zero-order valence-electron chi connectivity index (χ0n) is 51.4. The van der Waals surface area contributed by atoms with Crippen molar-refractivity contribution in [1.29, 1.82) is 0 Å². The molecule has 0 aromatic carbocycles. The molecule has 0 aliphatic heterocycles. The van der Waals surface area contributed by atoms with E-state index in [1.54, 1.807) is 66.5 Å². The van der Waals surface area contributed by atoms with E-state index in [1.807, 2.05) is 38.8 Å². The predicted molar refractivity (Wildman–Crippen MR) is 347 cm³/mol. The van der Waals surface area contributed by atoms with E-state index >= 15 is 0 Å². The molecule has 30 heteroatoms. The second-order valence-corrected chi connectivity index (χ2v) is 47.8. The Labute approximate surface area is 484 Å². The minimum Gasteiger partial charge on any atom is -0.437 e. The van der Waals surface area contributed by atoms with Crippen molar-refractivity contribution < 1.29 is 67.4 Å². The number of hydrogen-bond donors (Lipinski definition) is 12. The van der Waals surface area contributed by atoms with Gasteiger partial charge in [0.05, 0.1) is 20.4 Å². The minimum atomic E-state index is -2.83. The van der Waals surface area contributed by atoms with Crippen molar-refractivity contribution in [3.8, 4) is 0 Å². The largest absolute Gasteiger partial charge is 0.437 e. The van der Waals surface area contributed by atoms with Gasteiger partial charge >= 0.3 is 21.2 Å². The van der Waals surface area contributed by atoms with E-state index in [9.17, 15) is 32.0 Å². The quantitative estimate of drug-likeness (QED) is 0.0618. The lowest BCUT2D eigenvalue weighted by Gasteiger charge is -2.16. The summed E-state index contributed by atoms with van der Waals surface area (Å²) in [6.45, 7) is 26.1. The fourth-order valence-corrected chi connectivity index (χ4v) is 20.1. The average molecular weight is 1270 g/mol. The molecule has 7 aliphatic carbocycles. The number of aliphatic hydroxyl groups is 1. The Morgan fingerprint density at radius 3 is 0.963 bits per heavy atom. The molecule has 0 aromatic rings. The first-order valence-electron chi connectivity index (χ1n) is 28.4. The van der Waals surface area contributed by atoms with E-state index in [1.165, 1.54) is 13.3 Å². The lowest BCUT2D eigenvalue weighted by molar-refractivity contribution is 0.223. The monoisotopic (exact) mass is 1270 g/mol. The summed E-state index contributed by atoms with van der Waals surface area (Å²) in [7, 11) is -17.0. The van der Waals surface area contributed by atoms with Crippen LogP contribution in [0.15, 0.2) is 34.2 Å². The van der Waals surface area contributed by atoms with Crippen LogP contribution >= 0.6 is 50.4 Å². The van der Waals surface area contributed by atoms with Gasteiger partial charge in [-0.25, -0.2) is 0 Å². The Hall–Kier alpha value is 0.505. The summed E-state index contributed by atoms with van der Waals surface area (Å²) in [5.74, 6) is 0. The van der Waals surface area contributed by atoms with Gasteiger partial charge in [0, 0.05) is 60.1 Å². The maximum atomic E-state index is 11.8. The maximum absolute atomic E-state index is 11.8. The van der Waals surface area contributed by atoms with Crippen molar-refractivity contribution >= 4 is 71.6 Å². The molecule has 17 N–H and O–H groups in total. The highest BCUT2D eigenvalue weighted by Gasteiger charge is 2.36. The number of hydrogen-bond acceptors (Lipinski definition) is 17. The zero-order chi connectivity index (χ0) is 61.3. The molecule has 7 aliphatic rings. The second-order valence-electron chi connectivity index (χ2n) is 25.5. The molecule has 0 heterocycles. The summed E-state index contributed by atoms with van der Waals surface area (Å²) < 4.78 is 80.2. The molecule has 470 valence electrons. The van der Waals surface area contributed by atoms with E-state index in [-0.39, 0.29) is 47.1 Å². The summed E-state index contributed by atoms with van der Waals surface area (Å²) in [4.78, 5) is 18.3. The Morgan fingerprint density at radius 1 is 0.438 bits per heavy atom. The fraction of sp³-hybridized carbons (Fsp3) is 0.880. The smallest absolute Gasteiger partial charge is 0.374 e. The molecule has 0 aromatic heterocycles. The van der Waals surface area contributed by atoms with Gasteiger partial charge in [0.2, 0.25) is 14.7 Å². The summed E-state index contributed by atoms with van der Waals surface area (Å²) in [6.07, 6.45) is 21.7. The van der Waals surface area contributed by atoms with Gasteiger partial charge in [0.1, 0.15) is 21.4 Å². The number of aliphatic hydroxyl groups excluding tert-OH is 1. The molecule has 13 atom stereocenters. The molecule has 0 amide bonds. The number of rotatable bonds is 13. The van der Waals surface area contributed by atoms with Crippen molar-refractivity contribution in [2.24, 2.45) is 17.2 Å². The van der Waals surface area contributed by atoms with Gasteiger partial charge in [-0.2, -0.15) is 0 Å². The van der Waals surface area contributed by atoms with Crippen LogP contribution in [0.5, 0.6) is 0 Å². The average Bonchev–Trinajstić information content (AvgIpc) is 4.11. The van der Waals surface area contributed by atoms with Gasteiger partial charge in [-0.05, 0) is 237 Å². The third-order valence-electron chi connectivity index (χ3n) is 15.6. The van der Waals surface area contributed by atoms with Gasteiger partial charge in [0.25, 0.3) is 0 Å². The van der Waals surface area contributed by atoms with Crippen molar-refractivity contribution in [3.05, 3.63) is 34.2 Å². The maximum Gasteiger partial charge on any atom is 0.374 e. The highest BCUT2D eigenvalue weighted by molar-refractivity contribution is 7.67. The van der Waals surface area contributed by atoms with Crippen molar-refractivity contribution in [3.63, 3.8) is 0 Å². The van der Waals surface area contributed by atoms with Gasteiger partial charge < -0.3 is 91.2 Å². The summed E-state index contributed by atoms with van der Waals surface area (Å²) in [5, 5.41) is 48.7. The molecular formula is C50H112B3N6O14P7. The zero-order valence-corrected chi connectivity index (χ0v) is 57.7. The normalized spacial score (nSPS) is 29.8. The topological polar surface area (TPSA) is 387 Å². The molecular weight excluding hydrogens is 1160 g/mol. The van der Waals surface area contributed by atoms with E-state index in [0.29, 0.717) is 23.4 Å². The van der Waals surface area contributed by atoms with E-state index in [2.05, 4.69) is 15.7 Å². The van der Waals surface area contributed by atoms with Gasteiger partial charge in [-0.3, -0.25) is 9.13 Å². The molecule has 0 saturated heterocycles. The Morgan fingerprint density at radius 2 is 0.762 bits per heavy atom. The molecule has 0 spiro atoms. The van der Waals surface area contributed by atoms with Crippen LogP contribution < -0.4 is 32.9 Å². The Kier molecular flexibility index (Phi) is 35.7. The highest BCUT2D eigenvalue weighted by Crippen LogP contribution is 2.54. The van der Waals surface area contributed by atoms with Gasteiger partial charge in [0.15, 0.2) is 0 Å². The van der Waals surface area contributed by atoms with Crippen LogP contribution in [0.25, 0.3) is 0 Å². The SMILES string of the molecule is CB(O)NC1C=C(P(C)(C)=O)CC1.CB(O)N[C@@H]1CC[C@H](P(C)(C)=O)C1.CB(O)N[C@H]1CC[C@@H](P(C)(C)=O)C1.CP(=O)(O)[C@@H]1CC[C@H](N)C1.CP(=O)(O)[C@H]1CC[C@@H](N)C1.CP(C)(=O)C1=CC(N)CC1.CP(C)(=O)C1=CC(O)CC1.O.